The number of halogens is 2. The smallest absolute Gasteiger partial charge is 0.371 e. The number of nitrogens with zero attached hydrogens (tertiary/aromatic N) is 1. The number of rotatable bonds is 3. The second-order valence-electron chi connectivity index (χ2n) is 4.71. The van der Waals surface area contributed by atoms with E-state index in [0.29, 0.717) is 0 Å². The molecule has 0 amide bonds. The third-order valence-electron chi connectivity index (χ3n) is 3.13. The van der Waals surface area contributed by atoms with Crippen molar-refractivity contribution in [3.05, 3.63) is 58.0 Å². The fourth-order valence-electron chi connectivity index (χ4n) is 2.05. The zero-order chi connectivity index (χ0) is 15.9. The van der Waals surface area contributed by atoms with Crippen LogP contribution in [0.1, 0.15) is 29.0 Å². The van der Waals surface area contributed by atoms with Gasteiger partial charge in [0.15, 0.2) is 0 Å². The zero-order valence-corrected chi connectivity index (χ0v) is 13.3. The molecule has 0 saturated heterocycles. The molecule has 116 valence electrons. The van der Waals surface area contributed by atoms with E-state index in [1.54, 1.807) is 0 Å². The summed E-state index contributed by atoms with van der Waals surface area (Å²) in [5.41, 5.74) is 2.23. The molecule has 22 heavy (non-hydrogen) atoms. The first-order chi connectivity index (χ1) is 10.6. The van der Waals surface area contributed by atoms with Crippen molar-refractivity contribution in [1.29, 1.82) is 0 Å². The van der Waals surface area contributed by atoms with E-state index in [2.05, 4.69) is 9.41 Å². The first-order valence-corrected chi connectivity index (χ1v) is 7.55. The molecule has 4 nitrogen and oxygen atoms in total. The molecule has 0 bridgehead atoms. The predicted octanol–water partition coefficient (Wildman–Crippen LogP) is 4.75. The van der Waals surface area contributed by atoms with Gasteiger partial charge in [-0.05, 0) is 42.7 Å². The molecule has 0 spiro atoms. The quantitative estimate of drug-likeness (QED) is 0.877. The first-order valence-electron chi connectivity index (χ1n) is 6.80. The lowest BCUT2D eigenvalue weighted by molar-refractivity contribution is 0.0662. The van der Waals surface area contributed by atoms with Crippen molar-refractivity contribution in [3.63, 3.8) is 0 Å². The zero-order valence-electron chi connectivity index (χ0n) is 11.8. The first kappa shape index (κ1) is 16.6. The van der Waals surface area contributed by atoms with Crippen molar-refractivity contribution in [2.45, 2.75) is 19.3 Å². The van der Waals surface area contributed by atoms with E-state index in [1.165, 1.54) is 24.1 Å². The second-order valence-corrected chi connectivity index (χ2v) is 5.53. The summed E-state index contributed by atoms with van der Waals surface area (Å²) in [7, 11) is 0. The number of hydrogen-bond acceptors (Lipinski definition) is 3. The van der Waals surface area contributed by atoms with Gasteiger partial charge in [0.1, 0.15) is 0 Å². The summed E-state index contributed by atoms with van der Waals surface area (Å²) in [5.74, 6) is -1.06. The maximum atomic E-state index is 9.97. The summed E-state index contributed by atoms with van der Waals surface area (Å²) in [4.78, 5) is 14.4. The van der Waals surface area contributed by atoms with Gasteiger partial charge in [-0.15, -0.1) is 0 Å². The highest BCUT2D eigenvalue weighted by atomic mass is 35.5. The Morgan fingerprint density at radius 3 is 2.41 bits per heavy atom. The van der Waals surface area contributed by atoms with E-state index in [1.807, 2.05) is 18.2 Å². The number of aromatic carboxylic acids is 1. The number of carbonyl (C=O) groups is 1. The standard InChI is InChI=1S/C11H11Cl2N.C5H4O3/c12-10-4-1-5-11(13)9(10)7-8-3-2-6-14-8;6-5(7)4-2-1-3-8-4/h1,4-5H,2-3,6-7H2;1-3H,(H,6,7). The Morgan fingerprint density at radius 2 is 1.95 bits per heavy atom. The Balaban J connectivity index is 0.000000188. The van der Waals surface area contributed by atoms with Crippen LogP contribution in [0.25, 0.3) is 0 Å². The predicted molar refractivity (Wildman–Crippen MR) is 87.4 cm³/mol. The van der Waals surface area contributed by atoms with Gasteiger partial charge in [-0.1, -0.05) is 29.3 Å². The average Bonchev–Trinajstić information content (AvgIpc) is 3.17. The lowest BCUT2D eigenvalue weighted by Gasteiger charge is -2.06. The lowest BCUT2D eigenvalue weighted by atomic mass is 10.1. The Morgan fingerprint density at radius 1 is 1.23 bits per heavy atom. The molecule has 1 aromatic heterocycles. The van der Waals surface area contributed by atoms with Crippen LogP contribution < -0.4 is 0 Å². The fraction of sp³-hybridized carbons (Fsp3) is 0.250. The molecule has 0 radical (unpaired) electrons. The summed E-state index contributed by atoms with van der Waals surface area (Å²) in [6.07, 6.45) is 4.38. The summed E-state index contributed by atoms with van der Waals surface area (Å²) >= 11 is 12.1. The molecule has 6 heteroatoms. The van der Waals surface area contributed by atoms with E-state index in [-0.39, 0.29) is 5.76 Å². The molecule has 1 aromatic carbocycles. The molecule has 0 unspecified atom stereocenters. The van der Waals surface area contributed by atoms with Crippen molar-refractivity contribution in [3.8, 4) is 0 Å². The molecule has 0 atom stereocenters. The largest absolute Gasteiger partial charge is 0.475 e. The van der Waals surface area contributed by atoms with Gasteiger partial charge in [0.05, 0.1) is 6.26 Å². The SMILES string of the molecule is Clc1cccc(Cl)c1CC1=NCCC1.O=C(O)c1ccco1. The van der Waals surface area contributed by atoms with Crippen LogP contribution >= 0.6 is 23.2 Å². The Labute approximate surface area is 138 Å². The minimum absolute atomic E-state index is 0.0231. The molecular weight excluding hydrogens is 325 g/mol. The highest BCUT2D eigenvalue weighted by molar-refractivity contribution is 6.36. The third kappa shape index (κ3) is 4.61. The van der Waals surface area contributed by atoms with Crippen LogP contribution in [0.15, 0.2) is 46.0 Å². The Hall–Kier alpha value is -1.78. The maximum Gasteiger partial charge on any atom is 0.371 e. The molecule has 1 aliphatic rings. The van der Waals surface area contributed by atoms with Crippen LogP contribution in [-0.2, 0) is 6.42 Å². The molecule has 0 aliphatic carbocycles. The number of furan rings is 1. The molecule has 1 aliphatic heterocycles. The van der Waals surface area contributed by atoms with Crippen molar-refractivity contribution in [2.24, 2.45) is 4.99 Å². The lowest BCUT2D eigenvalue weighted by Crippen LogP contribution is -2.00. The van der Waals surface area contributed by atoms with Crippen LogP contribution in [0, 0.1) is 0 Å². The summed E-state index contributed by atoms with van der Waals surface area (Å²) in [6.45, 7) is 0.956. The summed E-state index contributed by atoms with van der Waals surface area (Å²) in [5, 5.41) is 9.67. The van der Waals surface area contributed by atoms with Crippen LogP contribution in [0.5, 0.6) is 0 Å². The normalized spacial score (nSPS) is 13.3. The van der Waals surface area contributed by atoms with Gasteiger partial charge in [-0.3, -0.25) is 4.99 Å². The molecule has 3 rings (SSSR count). The van der Waals surface area contributed by atoms with Crippen LogP contribution in [-0.4, -0.2) is 23.3 Å². The van der Waals surface area contributed by atoms with Crippen LogP contribution in [0.4, 0.5) is 0 Å². The molecule has 0 fully saturated rings. The van der Waals surface area contributed by atoms with Crippen molar-refractivity contribution in [1.82, 2.24) is 0 Å². The van der Waals surface area contributed by atoms with Crippen molar-refractivity contribution in [2.75, 3.05) is 6.54 Å². The van der Waals surface area contributed by atoms with Gasteiger partial charge in [-0.25, -0.2) is 4.79 Å². The number of benzene rings is 1. The van der Waals surface area contributed by atoms with Crippen molar-refractivity contribution < 1.29 is 14.3 Å². The maximum absolute atomic E-state index is 9.97. The van der Waals surface area contributed by atoms with Gasteiger partial charge in [0, 0.05) is 28.7 Å². The Bertz CT molecular complexity index is 646. The molecule has 2 aromatic rings. The number of aliphatic imine (C=N–C) groups is 1. The van der Waals surface area contributed by atoms with E-state index in [9.17, 15) is 4.79 Å². The summed E-state index contributed by atoms with van der Waals surface area (Å²) < 4.78 is 4.50. The van der Waals surface area contributed by atoms with Crippen LogP contribution in [0.3, 0.4) is 0 Å². The van der Waals surface area contributed by atoms with Gasteiger partial charge in [0.25, 0.3) is 0 Å². The Kier molecular flexibility index (Phi) is 6.04. The van der Waals surface area contributed by atoms with E-state index in [0.717, 1.165) is 41.4 Å². The van der Waals surface area contributed by atoms with Crippen LogP contribution in [0.2, 0.25) is 10.0 Å². The van der Waals surface area contributed by atoms with E-state index in [4.69, 9.17) is 28.3 Å². The van der Waals surface area contributed by atoms with E-state index < -0.39 is 5.97 Å². The molecule has 2 heterocycles. The molecule has 0 saturated carbocycles. The van der Waals surface area contributed by atoms with Gasteiger partial charge in [0.2, 0.25) is 5.76 Å². The minimum Gasteiger partial charge on any atom is -0.475 e. The van der Waals surface area contributed by atoms with Crippen molar-refractivity contribution >= 4 is 34.9 Å². The molecular formula is C16H15Cl2NO3. The minimum atomic E-state index is -1.03. The highest BCUT2D eigenvalue weighted by Crippen LogP contribution is 2.26. The topological polar surface area (TPSA) is 62.8 Å². The van der Waals surface area contributed by atoms with Gasteiger partial charge >= 0.3 is 5.97 Å². The van der Waals surface area contributed by atoms with Gasteiger partial charge in [-0.2, -0.15) is 0 Å². The number of carboxylic acids is 1. The third-order valence-corrected chi connectivity index (χ3v) is 3.84. The highest BCUT2D eigenvalue weighted by Gasteiger charge is 2.11. The summed E-state index contributed by atoms with van der Waals surface area (Å²) in [6, 6.07) is 8.53. The monoisotopic (exact) mass is 339 g/mol. The average molecular weight is 340 g/mol. The fourth-order valence-corrected chi connectivity index (χ4v) is 2.58. The molecule has 1 N–H and O–H groups in total. The second kappa shape index (κ2) is 8.01. The number of carboxylic acid groups (broad SMARTS) is 1. The number of hydrogen-bond donors (Lipinski definition) is 1. The van der Waals surface area contributed by atoms with E-state index >= 15 is 0 Å². The van der Waals surface area contributed by atoms with Gasteiger partial charge < -0.3 is 9.52 Å².